The Kier molecular flexibility index (Phi) is 2.97. The molecule has 5 aliphatic rings. The van der Waals surface area contributed by atoms with Gasteiger partial charge in [-0.25, -0.2) is 0 Å². The van der Waals surface area contributed by atoms with E-state index in [0.717, 1.165) is 31.1 Å². The van der Waals surface area contributed by atoms with Crippen LogP contribution in [0.25, 0.3) is 0 Å². The maximum Gasteiger partial charge on any atom is 0.226 e. The fourth-order valence-electron chi connectivity index (χ4n) is 6.15. The number of aliphatic hydroxyl groups is 1. The second-order valence-corrected chi connectivity index (χ2v) is 8.76. The molecule has 4 nitrogen and oxygen atoms in total. The summed E-state index contributed by atoms with van der Waals surface area (Å²) in [6.07, 6.45) is 7.78. The smallest absolute Gasteiger partial charge is 0.226 e. The number of nitrogens with one attached hydrogen (secondary N) is 1. The maximum atomic E-state index is 12.9. The molecular formula is C17H27NO3. The third-order valence-corrected chi connectivity index (χ3v) is 6.50. The predicted octanol–water partition coefficient (Wildman–Crippen LogP) is 1.86. The summed E-state index contributed by atoms with van der Waals surface area (Å²) in [5, 5.41) is 13.4. The second kappa shape index (κ2) is 4.45. The summed E-state index contributed by atoms with van der Waals surface area (Å²) >= 11 is 0. The highest BCUT2D eigenvalue weighted by Crippen LogP contribution is 2.65. The Bertz CT molecular complexity index is 441. The zero-order valence-corrected chi connectivity index (χ0v) is 13.0. The van der Waals surface area contributed by atoms with Crippen LogP contribution in [0, 0.1) is 22.7 Å². The van der Waals surface area contributed by atoms with Gasteiger partial charge in [0.1, 0.15) is 5.60 Å². The highest BCUT2D eigenvalue weighted by Gasteiger charge is 2.58. The van der Waals surface area contributed by atoms with E-state index < -0.39 is 5.60 Å². The molecule has 1 saturated heterocycles. The predicted molar refractivity (Wildman–Crippen MR) is 78.6 cm³/mol. The molecular weight excluding hydrogens is 266 g/mol. The maximum absolute atomic E-state index is 12.9. The lowest BCUT2D eigenvalue weighted by molar-refractivity contribution is -0.156. The molecule has 2 N–H and O–H groups in total. The van der Waals surface area contributed by atoms with Crippen molar-refractivity contribution in [2.24, 2.45) is 22.7 Å². The molecule has 4 heteroatoms. The van der Waals surface area contributed by atoms with Crippen LogP contribution in [0.1, 0.15) is 51.9 Å². The van der Waals surface area contributed by atoms with Gasteiger partial charge in [0.25, 0.3) is 0 Å². The monoisotopic (exact) mass is 293 g/mol. The van der Waals surface area contributed by atoms with E-state index in [2.05, 4.69) is 12.2 Å². The minimum atomic E-state index is -0.845. The third kappa shape index (κ3) is 2.31. The number of carbonyl (C=O) groups excluding carboxylic acids is 1. The van der Waals surface area contributed by atoms with E-state index in [4.69, 9.17) is 4.74 Å². The first kappa shape index (κ1) is 14.0. The fourth-order valence-corrected chi connectivity index (χ4v) is 6.15. The highest BCUT2D eigenvalue weighted by molar-refractivity contribution is 5.83. The lowest BCUT2D eigenvalue weighted by Gasteiger charge is -2.60. The topological polar surface area (TPSA) is 58.6 Å². The van der Waals surface area contributed by atoms with Crippen LogP contribution < -0.4 is 5.32 Å². The Balaban J connectivity index is 1.46. The Morgan fingerprint density at radius 3 is 2.57 bits per heavy atom. The van der Waals surface area contributed by atoms with Crippen molar-refractivity contribution in [3.05, 3.63) is 0 Å². The Labute approximate surface area is 126 Å². The lowest BCUT2D eigenvalue weighted by Crippen LogP contribution is -2.58. The number of carbonyl (C=O) groups is 1. The van der Waals surface area contributed by atoms with Gasteiger partial charge in [0.05, 0.1) is 12.0 Å². The summed E-state index contributed by atoms with van der Waals surface area (Å²) in [6.45, 7) is 3.67. The van der Waals surface area contributed by atoms with Gasteiger partial charge in [0.15, 0.2) is 0 Å². The van der Waals surface area contributed by atoms with Crippen molar-refractivity contribution in [1.82, 2.24) is 5.32 Å². The van der Waals surface area contributed by atoms with Crippen LogP contribution in [0.5, 0.6) is 0 Å². The van der Waals surface area contributed by atoms with E-state index in [1.165, 1.54) is 19.3 Å². The van der Waals surface area contributed by atoms with E-state index in [-0.39, 0.29) is 11.3 Å². The molecule has 1 amide bonds. The van der Waals surface area contributed by atoms with Gasteiger partial charge < -0.3 is 15.2 Å². The molecule has 4 bridgehead atoms. The van der Waals surface area contributed by atoms with Crippen molar-refractivity contribution >= 4 is 5.91 Å². The quantitative estimate of drug-likeness (QED) is 0.835. The van der Waals surface area contributed by atoms with E-state index in [1.54, 1.807) is 0 Å². The van der Waals surface area contributed by atoms with E-state index in [9.17, 15) is 9.90 Å². The summed E-state index contributed by atoms with van der Waals surface area (Å²) in [6, 6.07) is 0. The van der Waals surface area contributed by atoms with Crippen LogP contribution in [0.3, 0.4) is 0 Å². The van der Waals surface area contributed by atoms with E-state index in [0.29, 0.717) is 31.6 Å². The van der Waals surface area contributed by atoms with E-state index >= 15 is 0 Å². The van der Waals surface area contributed by atoms with Gasteiger partial charge in [0, 0.05) is 19.6 Å². The molecule has 3 unspecified atom stereocenters. The number of ether oxygens (including phenoxy) is 1. The van der Waals surface area contributed by atoms with Crippen LogP contribution in [0.4, 0.5) is 0 Å². The first-order valence-corrected chi connectivity index (χ1v) is 8.49. The van der Waals surface area contributed by atoms with Crippen LogP contribution in [0.2, 0.25) is 0 Å². The molecule has 5 fully saturated rings. The van der Waals surface area contributed by atoms with Gasteiger partial charge in [-0.1, -0.05) is 6.92 Å². The Morgan fingerprint density at radius 1 is 1.29 bits per heavy atom. The van der Waals surface area contributed by atoms with Gasteiger partial charge in [0.2, 0.25) is 5.91 Å². The molecule has 1 aliphatic heterocycles. The largest absolute Gasteiger partial charge is 0.386 e. The number of hydrogen-bond acceptors (Lipinski definition) is 3. The summed E-state index contributed by atoms with van der Waals surface area (Å²) in [5.41, 5.74) is -0.606. The van der Waals surface area contributed by atoms with Crippen LogP contribution in [0.15, 0.2) is 0 Å². The zero-order valence-electron chi connectivity index (χ0n) is 13.0. The molecule has 0 spiro atoms. The normalized spacial score (nSPS) is 51.3. The van der Waals surface area contributed by atoms with Crippen molar-refractivity contribution in [1.29, 1.82) is 0 Å². The molecule has 0 aromatic carbocycles. The number of amides is 1. The van der Waals surface area contributed by atoms with Crippen molar-refractivity contribution in [2.75, 3.05) is 19.8 Å². The minimum Gasteiger partial charge on any atom is -0.386 e. The molecule has 0 radical (unpaired) electrons. The molecule has 3 atom stereocenters. The van der Waals surface area contributed by atoms with Gasteiger partial charge in [-0.3, -0.25) is 4.79 Å². The highest BCUT2D eigenvalue weighted by atomic mass is 16.5. The van der Waals surface area contributed by atoms with Crippen molar-refractivity contribution in [2.45, 2.75) is 57.5 Å². The van der Waals surface area contributed by atoms with Crippen LogP contribution >= 0.6 is 0 Å². The average Bonchev–Trinajstić information content (AvgIpc) is 2.80. The molecule has 118 valence electrons. The van der Waals surface area contributed by atoms with Gasteiger partial charge in [-0.15, -0.1) is 0 Å². The Morgan fingerprint density at radius 2 is 2.00 bits per heavy atom. The van der Waals surface area contributed by atoms with Crippen molar-refractivity contribution < 1.29 is 14.6 Å². The summed E-state index contributed by atoms with van der Waals surface area (Å²) in [7, 11) is 0. The number of rotatable bonds is 3. The molecule has 1 heterocycles. The molecule has 4 saturated carbocycles. The fraction of sp³-hybridized carbons (Fsp3) is 0.941. The van der Waals surface area contributed by atoms with Crippen molar-refractivity contribution in [3.8, 4) is 0 Å². The average molecular weight is 293 g/mol. The first-order valence-electron chi connectivity index (χ1n) is 8.49. The minimum absolute atomic E-state index is 0.144. The summed E-state index contributed by atoms with van der Waals surface area (Å²) in [4.78, 5) is 12.9. The van der Waals surface area contributed by atoms with Gasteiger partial charge in [-0.2, -0.15) is 0 Å². The number of hydrogen-bond donors (Lipinski definition) is 2. The second-order valence-electron chi connectivity index (χ2n) is 8.76. The first-order chi connectivity index (χ1) is 9.91. The molecule has 5 rings (SSSR count). The van der Waals surface area contributed by atoms with E-state index in [1.807, 2.05) is 0 Å². The Hall–Kier alpha value is -0.610. The summed E-state index contributed by atoms with van der Waals surface area (Å²) < 4.78 is 5.26. The third-order valence-electron chi connectivity index (χ3n) is 6.50. The summed E-state index contributed by atoms with van der Waals surface area (Å²) in [5.74, 6) is 1.70. The van der Waals surface area contributed by atoms with Crippen molar-refractivity contribution in [3.63, 3.8) is 0 Å². The SMILES string of the molecule is CC12CC3CC(C1)CC(C(=O)NCC1(O)CCOC1)(C3)C2. The van der Waals surface area contributed by atoms with Gasteiger partial charge >= 0.3 is 0 Å². The van der Waals surface area contributed by atoms with Gasteiger partial charge in [-0.05, 0) is 55.8 Å². The molecule has 0 aromatic rings. The zero-order chi connectivity index (χ0) is 14.7. The molecule has 0 aromatic heterocycles. The van der Waals surface area contributed by atoms with Crippen LogP contribution in [-0.4, -0.2) is 36.4 Å². The standard InChI is InChI=1S/C17H27NO3/c1-15-5-12-4-13(6-15)8-16(7-12,9-15)14(19)18-10-17(20)2-3-21-11-17/h12-13,20H,2-11H2,1H3,(H,18,19). The molecule has 21 heavy (non-hydrogen) atoms. The molecule has 4 aliphatic carbocycles. The lowest BCUT2D eigenvalue weighted by atomic mass is 9.44. The van der Waals surface area contributed by atoms with Crippen LogP contribution in [-0.2, 0) is 9.53 Å².